The molecule has 0 bridgehead atoms. The SMILES string of the molecule is CS(=O)(=O)c1ccccc1-n1cc(C(=O)N2CCCC(N)C2)cn1. The van der Waals surface area contributed by atoms with Crippen LogP contribution in [0.3, 0.4) is 0 Å². The number of carbonyl (C=O) groups excluding carboxylic acids is 1. The number of hydrogen-bond acceptors (Lipinski definition) is 5. The molecule has 1 aromatic heterocycles. The van der Waals surface area contributed by atoms with Crippen molar-refractivity contribution in [2.45, 2.75) is 23.8 Å². The van der Waals surface area contributed by atoms with Crippen LogP contribution in [0.25, 0.3) is 5.69 Å². The van der Waals surface area contributed by atoms with E-state index in [0.29, 0.717) is 24.3 Å². The molecule has 7 nitrogen and oxygen atoms in total. The van der Waals surface area contributed by atoms with E-state index in [1.165, 1.54) is 16.9 Å². The molecule has 8 heteroatoms. The van der Waals surface area contributed by atoms with Crippen molar-refractivity contribution >= 4 is 15.7 Å². The van der Waals surface area contributed by atoms with Crippen molar-refractivity contribution < 1.29 is 13.2 Å². The van der Waals surface area contributed by atoms with Crippen molar-refractivity contribution in [2.24, 2.45) is 5.73 Å². The zero-order chi connectivity index (χ0) is 17.3. The Morgan fingerprint density at radius 2 is 2.08 bits per heavy atom. The molecule has 0 radical (unpaired) electrons. The number of piperidine rings is 1. The topological polar surface area (TPSA) is 98.3 Å². The number of benzene rings is 1. The Morgan fingerprint density at radius 1 is 1.33 bits per heavy atom. The minimum absolute atomic E-state index is 0.00343. The lowest BCUT2D eigenvalue weighted by Crippen LogP contribution is -2.45. The molecule has 128 valence electrons. The highest BCUT2D eigenvalue weighted by Crippen LogP contribution is 2.20. The molecule has 24 heavy (non-hydrogen) atoms. The number of sulfone groups is 1. The number of carbonyl (C=O) groups is 1. The van der Waals surface area contributed by atoms with Crippen LogP contribution < -0.4 is 5.73 Å². The second kappa shape index (κ2) is 6.37. The first-order valence-corrected chi connectivity index (χ1v) is 9.64. The summed E-state index contributed by atoms with van der Waals surface area (Å²) in [5, 5.41) is 4.17. The van der Waals surface area contributed by atoms with Gasteiger partial charge in [0.05, 0.1) is 22.3 Å². The number of hydrogen-bond donors (Lipinski definition) is 1. The molecule has 1 aliphatic rings. The highest BCUT2D eigenvalue weighted by molar-refractivity contribution is 7.90. The largest absolute Gasteiger partial charge is 0.337 e. The number of nitrogens with two attached hydrogens (primary N) is 1. The summed E-state index contributed by atoms with van der Waals surface area (Å²) >= 11 is 0. The fourth-order valence-electron chi connectivity index (χ4n) is 2.90. The van der Waals surface area contributed by atoms with Crippen LogP contribution in [0.1, 0.15) is 23.2 Å². The lowest BCUT2D eigenvalue weighted by atomic mass is 10.1. The Labute approximate surface area is 141 Å². The van der Waals surface area contributed by atoms with Crippen molar-refractivity contribution in [1.82, 2.24) is 14.7 Å². The number of aromatic nitrogens is 2. The van der Waals surface area contributed by atoms with E-state index in [1.54, 1.807) is 29.3 Å². The molecule has 1 saturated heterocycles. The summed E-state index contributed by atoms with van der Waals surface area (Å²) < 4.78 is 25.3. The van der Waals surface area contributed by atoms with Crippen LogP contribution in [0.2, 0.25) is 0 Å². The molecular formula is C16H20N4O3S. The molecule has 2 aromatic rings. The van der Waals surface area contributed by atoms with Gasteiger partial charge in [-0.3, -0.25) is 4.79 Å². The Morgan fingerprint density at radius 3 is 2.79 bits per heavy atom. The van der Waals surface area contributed by atoms with Crippen LogP contribution in [0.4, 0.5) is 0 Å². The Balaban J connectivity index is 1.91. The average molecular weight is 348 g/mol. The van der Waals surface area contributed by atoms with Crippen LogP contribution in [0, 0.1) is 0 Å². The highest BCUT2D eigenvalue weighted by atomic mass is 32.2. The van der Waals surface area contributed by atoms with E-state index in [9.17, 15) is 13.2 Å². The summed E-state index contributed by atoms with van der Waals surface area (Å²) in [6, 6.07) is 6.58. The van der Waals surface area contributed by atoms with Crippen LogP contribution in [0.15, 0.2) is 41.6 Å². The molecule has 1 aromatic carbocycles. The maximum Gasteiger partial charge on any atom is 0.257 e. The Hall–Kier alpha value is -2.19. The monoisotopic (exact) mass is 348 g/mol. The molecule has 2 heterocycles. The zero-order valence-corrected chi connectivity index (χ0v) is 14.2. The normalized spacial score (nSPS) is 18.6. The van der Waals surface area contributed by atoms with Gasteiger partial charge in [-0.05, 0) is 25.0 Å². The Bertz CT molecular complexity index is 860. The van der Waals surface area contributed by atoms with Gasteiger partial charge in [0, 0.05) is 31.6 Å². The molecule has 0 spiro atoms. The second-order valence-electron chi connectivity index (χ2n) is 6.07. The molecule has 1 aliphatic heterocycles. The van der Waals surface area contributed by atoms with Crippen molar-refractivity contribution in [1.29, 1.82) is 0 Å². The molecule has 1 unspecified atom stereocenters. The van der Waals surface area contributed by atoms with Crippen molar-refractivity contribution in [3.8, 4) is 5.69 Å². The molecule has 1 fully saturated rings. The quantitative estimate of drug-likeness (QED) is 0.886. The van der Waals surface area contributed by atoms with E-state index in [-0.39, 0.29) is 16.8 Å². The van der Waals surface area contributed by atoms with Crippen LogP contribution in [-0.2, 0) is 9.84 Å². The third kappa shape index (κ3) is 3.34. The molecule has 0 saturated carbocycles. The lowest BCUT2D eigenvalue weighted by molar-refractivity contribution is 0.0709. The van der Waals surface area contributed by atoms with Crippen LogP contribution >= 0.6 is 0 Å². The third-order valence-electron chi connectivity index (χ3n) is 4.09. The fraction of sp³-hybridized carbons (Fsp3) is 0.375. The standard InChI is InChI=1S/C16H20N4O3S/c1-24(22,23)15-7-3-2-6-14(15)20-10-12(9-18-20)16(21)19-8-4-5-13(17)11-19/h2-3,6-7,9-10,13H,4-5,8,11,17H2,1H3. The number of likely N-dealkylation sites (tertiary alicyclic amines) is 1. The van der Waals surface area contributed by atoms with E-state index in [2.05, 4.69) is 5.10 Å². The molecule has 1 atom stereocenters. The average Bonchev–Trinajstić information content (AvgIpc) is 3.03. The second-order valence-corrected chi connectivity index (χ2v) is 8.05. The number of rotatable bonds is 3. The van der Waals surface area contributed by atoms with Crippen LogP contribution in [0.5, 0.6) is 0 Å². The summed E-state index contributed by atoms with van der Waals surface area (Å²) in [7, 11) is -3.39. The van der Waals surface area contributed by atoms with Gasteiger partial charge in [-0.1, -0.05) is 12.1 Å². The summed E-state index contributed by atoms with van der Waals surface area (Å²) in [4.78, 5) is 14.5. The van der Waals surface area contributed by atoms with Gasteiger partial charge in [0.15, 0.2) is 9.84 Å². The molecular weight excluding hydrogens is 328 g/mol. The molecule has 0 aliphatic carbocycles. The maximum absolute atomic E-state index is 12.6. The smallest absolute Gasteiger partial charge is 0.257 e. The fourth-order valence-corrected chi connectivity index (χ4v) is 3.77. The number of para-hydroxylation sites is 1. The van der Waals surface area contributed by atoms with Gasteiger partial charge in [0.2, 0.25) is 0 Å². The summed E-state index contributed by atoms with van der Waals surface area (Å²) in [6.45, 7) is 1.21. The third-order valence-corrected chi connectivity index (χ3v) is 5.23. The summed E-state index contributed by atoms with van der Waals surface area (Å²) in [6.07, 6.45) is 5.98. The minimum atomic E-state index is -3.39. The first kappa shape index (κ1) is 16.7. The van der Waals surface area contributed by atoms with E-state index < -0.39 is 9.84 Å². The zero-order valence-electron chi connectivity index (χ0n) is 13.4. The van der Waals surface area contributed by atoms with E-state index in [1.807, 2.05) is 0 Å². The maximum atomic E-state index is 12.6. The van der Waals surface area contributed by atoms with E-state index >= 15 is 0 Å². The molecule has 1 amide bonds. The molecule has 3 rings (SSSR count). The first-order valence-electron chi connectivity index (χ1n) is 7.75. The first-order chi connectivity index (χ1) is 11.4. The lowest BCUT2D eigenvalue weighted by Gasteiger charge is -2.30. The predicted molar refractivity (Wildman–Crippen MR) is 89.8 cm³/mol. The molecule has 2 N–H and O–H groups in total. The van der Waals surface area contributed by atoms with Crippen LogP contribution in [-0.4, -0.2) is 54.4 Å². The van der Waals surface area contributed by atoms with E-state index in [0.717, 1.165) is 19.1 Å². The minimum Gasteiger partial charge on any atom is -0.337 e. The Kier molecular flexibility index (Phi) is 4.42. The summed E-state index contributed by atoms with van der Waals surface area (Å²) in [5.74, 6) is -0.131. The van der Waals surface area contributed by atoms with Gasteiger partial charge in [-0.25, -0.2) is 13.1 Å². The van der Waals surface area contributed by atoms with Gasteiger partial charge in [-0.15, -0.1) is 0 Å². The van der Waals surface area contributed by atoms with Gasteiger partial charge in [0.1, 0.15) is 0 Å². The van der Waals surface area contributed by atoms with Crippen molar-refractivity contribution in [3.63, 3.8) is 0 Å². The van der Waals surface area contributed by atoms with E-state index in [4.69, 9.17) is 5.73 Å². The van der Waals surface area contributed by atoms with Gasteiger partial charge in [-0.2, -0.15) is 5.10 Å². The van der Waals surface area contributed by atoms with Gasteiger partial charge < -0.3 is 10.6 Å². The van der Waals surface area contributed by atoms with Crippen molar-refractivity contribution in [2.75, 3.05) is 19.3 Å². The number of nitrogens with zero attached hydrogens (tertiary/aromatic N) is 3. The number of amides is 1. The highest BCUT2D eigenvalue weighted by Gasteiger charge is 2.24. The predicted octanol–water partition coefficient (Wildman–Crippen LogP) is 0.839. The van der Waals surface area contributed by atoms with Crippen molar-refractivity contribution in [3.05, 3.63) is 42.2 Å². The van der Waals surface area contributed by atoms with Gasteiger partial charge in [0.25, 0.3) is 5.91 Å². The van der Waals surface area contributed by atoms with Gasteiger partial charge >= 0.3 is 0 Å². The summed E-state index contributed by atoms with van der Waals surface area (Å²) in [5.41, 5.74) is 6.77.